The van der Waals surface area contributed by atoms with Gasteiger partial charge in [0.15, 0.2) is 5.69 Å². The summed E-state index contributed by atoms with van der Waals surface area (Å²) >= 11 is 0. The van der Waals surface area contributed by atoms with E-state index in [0.29, 0.717) is 30.0 Å². The number of hydrogen-bond acceptors (Lipinski definition) is 6. The summed E-state index contributed by atoms with van der Waals surface area (Å²) in [4.78, 5) is 31.1. The third-order valence-corrected chi connectivity index (χ3v) is 6.49. The zero-order valence-corrected chi connectivity index (χ0v) is 18.5. The quantitative estimate of drug-likeness (QED) is 0.310. The van der Waals surface area contributed by atoms with Gasteiger partial charge in [0.2, 0.25) is 5.91 Å². The molecule has 2 aromatic heterocycles. The minimum Gasteiger partial charge on any atom is -0.595 e. The van der Waals surface area contributed by atoms with Gasteiger partial charge in [-0.3, -0.25) is 9.59 Å². The number of benzene rings is 2. The first kappa shape index (κ1) is 21.3. The van der Waals surface area contributed by atoms with Gasteiger partial charge < -0.3 is 19.5 Å². The molecule has 0 aliphatic carbocycles. The summed E-state index contributed by atoms with van der Waals surface area (Å²) in [5.74, 6) is 0.450. The summed E-state index contributed by atoms with van der Waals surface area (Å²) in [7, 11) is 0. The van der Waals surface area contributed by atoms with Crippen LogP contribution in [0.4, 0.5) is 5.69 Å². The number of hydrogen-bond donors (Lipinski definition) is 3. The van der Waals surface area contributed by atoms with Crippen molar-refractivity contribution in [1.29, 1.82) is 0 Å². The number of carbonyl (C=O) groups is 2. The number of amides is 2. The summed E-state index contributed by atoms with van der Waals surface area (Å²) < 4.78 is 5.77. The first-order chi connectivity index (χ1) is 17.0. The molecule has 0 spiro atoms. The predicted molar refractivity (Wildman–Crippen MR) is 126 cm³/mol. The van der Waals surface area contributed by atoms with Crippen molar-refractivity contribution in [2.75, 3.05) is 6.54 Å². The van der Waals surface area contributed by atoms with Crippen LogP contribution in [0, 0.1) is 5.21 Å². The Balaban J connectivity index is 1.22. The fourth-order valence-electron chi connectivity index (χ4n) is 4.77. The summed E-state index contributed by atoms with van der Waals surface area (Å²) in [5.41, 5.74) is 3.79. The van der Waals surface area contributed by atoms with Crippen molar-refractivity contribution in [1.82, 2.24) is 14.9 Å². The molecule has 2 aromatic carbocycles. The highest BCUT2D eigenvalue weighted by atomic mass is 16.8. The summed E-state index contributed by atoms with van der Waals surface area (Å²) in [6.07, 6.45) is 1.83. The number of para-hydroxylation sites is 1. The molecule has 2 aliphatic heterocycles. The number of nitrogens with zero attached hydrogens (tertiary/aromatic N) is 3. The topological polar surface area (TPSA) is 130 Å². The van der Waals surface area contributed by atoms with Gasteiger partial charge in [-0.15, -0.1) is 0 Å². The number of carbonyl (C=O) groups excluding carboxylic acids is 2. The van der Waals surface area contributed by atoms with Gasteiger partial charge in [0, 0.05) is 40.7 Å². The Morgan fingerprint density at radius 3 is 2.83 bits per heavy atom. The van der Waals surface area contributed by atoms with Gasteiger partial charge in [-0.2, -0.15) is 10.3 Å². The molecular weight excluding hydrogens is 450 g/mol. The number of quaternary nitrogens is 1. The van der Waals surface area contributed by atoms with Gasteiger partial charge in [0.1, 0.15) is 24.1 Å². The van der Waals surface area contributed by atoms with Crippen LogP contribution in [0.2, 0.25) is 0 Å². The Morgan fingerprint density at radius 1 is 1.11 bits per heavy atom. The van der Waals surface area contributed by atoms with Crippen molar-refractivity contribution in [2.45, 2.75) is 19.0 Å². The van der Waals surface area contributed by atoms with E-state index < -0.39 is 11.3 Å². The van der Waals surface area contributed by atoms with Gasteiger partial charge in [-0.25, -0.2) is 10.2 Å². The van der Waals surface area contributed by atoms with Crippen molar-refractivity contribution in [3.05, 3.63) is 82.9 Å². The Bertz CT molecular complexity index is 1490. The first-order valence-corrected chi connectivity index (χ1v) is 11.1. The van der Waals surface area contributed by atoms with Crippen LogP contribution in [-0.4, -0.2) is 50.7 Å². The predicted octanol–water partition coefficient (Wildman–Crippen LogP) is 1.96. The number of rotatable bonds is 4. The second-order valence-corrected chi connectivity index (χ2v) is 8.60. The summed E-state index contributed by atoms with van der Waals surface area (Å²) in [6, 6.07) is 17.1. The fourth-order valence-corrected chi connectivity index (χ4v) is 4.77. The van der Waals surface area contributed by atoms with E-state index in [1.165, 1.54) is 23.4 Å². The van der Waals surface area contributed by atoms with Crippen LogP contribution >= 0.6 is 0 Å². The maximum Gasteiger partial charge on any atom is 0.266 e. The van der Waals surface area contributed by atoms with Crippen LogP contribution in [0.1, 0.15) is 17.0 Å². The van der Waals surface area contributed by atoms with Gasteiger partial charge >= 0.3 is 0 Å². The minimum absolute atomic E-state index is 0.143. The van der Waals surface area contributed by atoms with Crippen LogP contribution in [0.5, 0.6) is 0 Å². The fraction of sp³-hybridized carbons (Fsp3) is 0.160. The monoisotopic (exact) mass is 471 g/mol. The van der Waals surface area contributed by atoms with E-state index >= 15 is 0 Å². The smallest absolute Gasteiger partial charge is 0.266 e. The minimum atomic E-state index is -1.02. The van der Waals surface area contributed by atoms with Crippen molar-refractivity contribution < 1.29 is 24.4 Å². The number of aromatic nitrogens is 1. The second kappa shape index (κ2) is 8.20. The molecule has 0 radical (unpaired) electrons. The van der Waals surface area contributed by atoms with E-state index in [-0.39, 0.29) is 24.0 Å². The second-order valence-electron chi connectivity index (χ2n) is 8.60. The van der Waals surface area contributed by atoms with Crippen LogP contribution in [0.3, 0.4) is 0 Å². The molecule has 10 heteroatoms. The lowest BCUT2D eigenvalue weighted by molar-refractivity contribution is -0.991. The molecule has 6 rings (SSSR count). The lowest BCUT2D eigenvalue weighted by atomic mass is 9.94. The normalized spacial score (nSPS) is 18.9. The maximum atomic E-state index is 13.2. The molecule has 4 aromatic rings. The highest BCUT2D eigenvalue weighted by Gasteiger charge is 2.43. The summed E-state index contributed by atoms with van der Waals surface area (Å²) in [5, 5.41) is 25.9. The molecule has 1 saturated heterocycles. The molecule has 0 bridgehead atoms. The van der Waals surface area contributed by atoms with E-state index in [2.05, 4.69) is 10.1 Å². The molecule has 35 heavy (non-hydrogen) atoms. The van der Waals surface area contributed by atoms with Crippen LogP contribution < -0.4 is 5.23 Å². The van der Waals surface area contributed by atoms with Crippen molar-refractivity contribution in [3.8, 4) is 11.3 Å². The zero-order valence-electron chi connectivity index (χ0n) is 18.5. The molecule has 4 heterocycles. The molecule has 2 aliphatic rings. The van der Waals surface area contributed by atoms with Gasteiger partial charge in [0.25, 0.3) is 5.91 Å². The Morgan fingerprint density at radius 2 is 1.97 bits per heavy atom. The molecule has 2 atom stereocenters. The van der Waals surface area contributed by atoms with Crippen molar-refractivity contribution in [2.24, 2.45) is 5.10 Å². The van der Waals surface area contributed by atoms with Gasteiger partial charge in [-0.05, 0) is 23.8 Å². The number of furan rings is 1. The van der Waals surface area contributed by atoms with Crippen LogP contribution in [0.15, 0.2) is 70.2 Å². The van der Waals surface area contributed by atoms with Crippen LogP contribution in [0.25, 0.3) is 22.2 Å². The average molecular weight is 471 g/mol. The SMILES string of the molecule is O=C1C2Cc3c([nH]c4ccccc34)CN2C(=O)CN1N=Cc1ccc(-c2cccc([NH+]([O-])O)c2)o1. The van der Waals surface area contributed by atoms with Crippen molar-refractivity contribution >= 4 is 34.6 Å². The van der Waals surface area contributed by atoms with Crippen molar-refractivity contribution in [3.63, 3.8) is 0 Å². The maximum absolute atomic E-state index is 13.2. The number of fused-ring (bicyclic) bond motifs is 4. The van der Waals surface area contributed by atoms with E-state index in [0.717, 1.165) is 22.2 Å². The standard InChI is InChI=1S/C25H21N5O5/c31-24-14-29(26-12-17-8-9-23(35-17)15-4-3-5-16(10-15)30(33)34)25(32)22-11-19-18-6-1-2-7-20(18)27-21(19)13-28(22)24/h1-10,12,22,27,30,33H,11,13-14H2. The molecule has 3 N–H and O–H groups in total. The number of nitrogens with one attached hydrogen (secondary N) is 2. The van der Waals surface area contributed by atoms with Gasteiger partial charge in [0.05, 0.1) is 12.8 Å². The molecule has 2 unspecified atom stereocenters. The zero-order chi connectivity index (χ0) is 24.1. The molecule has 10 nitrogen and oxygen atoms in total. The first-order valence-electron chi connectivity index (χ1n) is 11.1. The number of hydrazone groups is 1. The highest BCUT2D eigenvalue weighted by molar-refractivity contribution is 5.97. The number of H-pyrrole nitrogens is 1. The van der Waals surface area contributed by atoms with Gasteiger partial charge in [-0.1, -0.05) is 30.3 Å². The molecular formula is C25H21N5O5. The third-order valence-electron chi connectivity index (χ3n) is 6.49. The van der Waals surface area contributed by atoms with E-state index in [1.54, 1.807) is 29.2 Å². The lowest BCUT2D eigenvalue weighted by Crippen LogP contribution is -2.99. The Kier molecular flexibility index (Phi) is 4.99. The number of aromatic amines is 1. The van der Waals surface area contributed by atoms with E-state index in [4.69, 9.17) is 4.42 Å². The van der Waals surface area contributed by atoms with E-state index in [9.17, 15) is 20.0 Å². The average Bonchev–Trinajstić information content (AvgIpc) is 3.49. The molecule has 176 valence electrons. The number of piperazine rings is 1. The van der Waals surface area contributed by atoms with Crippen LogP contribution in [-0.2, 0) is 22.6 Å². The Labute approximate surface area is 199 Å². The van der Waals surface area contributed by atoms with E-state index in [1.807, 2.05) is 24.3 Å². The Hall–Kier alpha value is -4.25. The largest absolute Gasteiger partial charge is 0.595 e. The summed E-state index contributed by atoms with van der Waals surface area (Å²) in [6.45, 7) is 0.226. The highest BCUT2D eigenvalue weighted by Crippen LogP contribution is 2.32. The lowest BCUT2D eigenvalue weighted by Gasteiger charge is -2.40. The molecule has 0 saturated carbocycles. The molecule has 2 amide bonds. The third kappa shape index (κ3) is 3.69. The molecule has 1 fully saturated rings.